The van der Waals surface area contributed by atoms with Crippen molar-refractivity contribution in [3.63, 3.8) is 0 Å². The van der Waals surface area contributed by atoms with Crippen molar-refractivity contribution in [2.75, 3.05) is 20.3 Å². The first-order chi connectivity index (χ1) is 13.7. The number of methoxy groups -OCH3 is 1. The molecule has 2 fully saturated rings. The lowest BCUT2D eigenvalue weighted by molar-refractivity contribution is -0.140. The van der Waals surface area contributed by atoms with E-state index in [1.807, 2.05) is 6.08 Å². The van der Waals surface area contributed by atoms with Crippen LogP contribution >= 0.6 is 0 Å². The second-order valence-corrected chi connectivity index (χ2v) is 8.29. The van der Waals surface area contributed by atoms with Crippen molar-refractivity contribution in [2.45, 2.75) is 95.9 Å². The van der Waals surface area contributed by atoms with Gasteiger partial charge in [-0.3, -0.25) is 4.79 Å². The summed E-state index contributed by atoms with van der Waals surface area (Å²) in [4.78, 5) is 11.2. The summed E-state index contributed by atoms with van der Waals surface area (Å²) in [6.45, 7) is 3.56. The Hall–Kier alpha value is -0.910. The van der Waals surface area contributed by atoms with E-state index in [9.17, 15) is 9.90 Å². The molecule has 0 bridgehead atoms. The quantitative estimate of drug-likeness (QED) is 0.284. The largest absolute Gasteiger partial charge is 0.469 e. The summed E-state index contributed by atoms with van der Waals surface area (Å²) in [6.07, 6.45) is 15.4. The number of carbonyl (C=O) groups excluding carboxylic acids is 1. The molecule has 162 valence electrons. The van der Waals surface area contributed by atoms with E-state index in [0.29, 0.717) is 31.5 Å². The van der Waals surface area contributed by atoms with Gasteiger partial charge in [0.05, 0.1) is 38.6 Å². The van der Waals surface area contributed by atoms with Crippen LogP contribution in [0.25, 0.3) is 0 Å². The standard InChI is InChI=1S/C23H40O5/c1-3-4-7-10-19(24)14-13-18-17-21-23(28-16-15-27-21)20(18)11-8-5-6-9-12-22(25)26-2/h13-14,18-21,23-24H,3-12,15-17H2,1-2H3/t18-,19?,20+,21?,23?/m0/s1. The molecule has 5 heteroatoms. The number of hydrogen-bond donors (Lipinski definition) is 1. The first-order valence-corrected chi connectivity index (χ1v) is 11.3. The number of unbranched alkanes of at least 4 members (excludes halogenated alkanes) is 5. The summed E-state index contributed by atoms with van der Waals surface area (Å²) in [5.41, 5.74) is 0. The van der Waals surface area contributed by atoms with Crippen LogP contribution in [0.15, 0.2) is 12.2 Å². The van der Waals surface area contributed by atoms with E-state index in [2.05, 4.69) is 13.0 Å². The van der Waals surface area contributed by atoms with Gasteiger partial charge in [0.25, 0.3) is 0 Å². The molecule has 0 aromatic heterocycles. The van der Waals surface area contributed by atoms with Gasteiger partial charge in [0.1, 0.15) is 0 Å². The maximum atomic E-state index is 11.2. The van der Waals surface area contributed by atoms with Crippen LogP contribution < -0.4 is 0 Å². The van der Waals surface area contributed by atoms with E-state index in [4.69, 9.17) is 14.2 Å². The van der Waals surface area contributed by atoms with Crippen molar-refractivity contribution in [3.05, 3.63) is 12.2 Å². The number of hydrogen-bond acceptors (Lipinski definition) is 5. The average Bonchev–Trinajstić information content (AvgIpc) is 3.06. The van der Waals surface area contributed by atoms with E-state index in [1.165, 1.54) is 20.0 Å². The second-order valence-electron chi connectivity index (χ2n) is 8.29. The zero-order valence-electron chi connectivity index (χ0n) is 17.8. The Kier molecular flexibility index (Phi) is 11.1. The van der Waals surface area contributed by atoms with Gasteiger partial charge < -0.3 is 19.3 Å². The third-order valence-electron chi connectivity index (χ3n) is 6.15. The Labute approximate surface area is 170 Å². The maximum Gasteiger partial charge on any atom is 0.305 e. The molecule has 1 heterocycles. The van der Waals surface area contributed by atoms with Crippen LogP contribution in [-0.2, 0) is 19.0 Å². The van der Waals surface area contributed by atoms with Crippen molar-refractivity contribution >= 4 is 5.97 Å². The molecule has 1 aliphatic carbocycles. The Morgan fingerprint density at radius 1 is 1.14 bits per heavy atom. The fourth-order valence-electron chi connectivity index (χ4n) is 4.55. The zero-order valence-corrected chi connectivity index (χ0v) is 17.8. The van der Waals surface area contributed by atoms with Crippen LogP contribution in [0.4, 0.5) is 0 Å². The fourth-order valence-corrected chi connectivity index (χ4v) is 4.55. The van der Waals surface area contributed by atoms with Crippen LogP contribution in [-0.4, -0.2) is 49.7 Å². The molecule has 5 nitrogen and oxygen atoms in total. The molecular formula is C23H40O5. The molecule has 0 aromatic carbocycles. The minimum Gasteiger partial charge on any atom is -0.469 e. The maximum absolute atomic E-state index is 11.2. The third-order valence-corrected chi connectivity index (χ3v) is 6.15. The number of aliphatic hydroxyl groups is 1. The summed E-state index contributed by atoms with van der Waals surface area (Å²) in [5, 5.41) is 10.2. The molecular weight excluding hydrogens is 356 g/mol. The number of fused-ring (bicyclic) bond motifs is 1. The number of rotatable bonds is 13. The molecule has 1 aliphatic heterocycles. The second kappa shape index (κ2) is 13.3. The van der Waals surface area contributed by atoms with Gasteiger partial charge in [0.2, 0.25) is 0 Å². The molecule has 1 saturated heterocycles. The normalized spacial score (nSPS) is 28.4. The summed E-state index contributed by atoms with van der Waals surface area (Å²) in [6, 6.07) is 0. The lowest BCUT2D eigenvalue weighted by Gasteiger charge is -2.30. The Balaban J connectivity index is 1.78. The van der Waals surface area contributed by atoms with Gasteiger partial charge in [0.15, 0.2) is 0 Å². The Morgan fingerprint density at radius 3 is 2.71 bits per heavy atom. The average molecular weight is 397 g/mol. The summed E-state index contributed by atoms with van der Waals surface area (Å²) in [7, 11) is 1.44. The molecule has 3 unspecified atom stereocenters. The zero-order chi connectivity index (χ0) is 20.2. The van der Waals surface area contributed by atoms with Crippen molar-refractivity contribution in [1.29, 1.82) is 0 Å². The van der Waals surface area contributed by atoms with Gasteiger partial charge in [-0.2, -0.15) is 0 Å². The fraction of sp³-hybridized carbons (Fsp3) is 0.870. The third kappa shape index (κ3) is 7.84. The monoisotopic (exact) mass is 396 g/mol. The van der Waals surface area contributed by atoms with Gasteiger partial charge in [0, 0.05) is 6.42 Å². The van der Waals surface area contributed by atoms with E-state index in [-0.39, 0.29) is 24.3 Å². The number of aliphatic hydroxyl groups excluding tert-OH is 1. The highest BCUT2D eigenvalue weighted by Gasteiger charge is 2.44. The van der Waals surface area contributed by atoms with Crippen LogP contribution in [0.1, 0.15) is 77.6 Å². The van der Waals surface area contributed by atoms with Gasteiger partial charge in [-0.15, -0.1) is 0 Å². The molecule has 28 heavy (non-hydrogen) atoms. The van der Waals surface area contributed by atoms with Crippen molar-refractivity contribution in [1.82, 2.24) is 0 Å². The minimum atomic E-state index is -0.338. The summed E-state index contributed by atoms with van der Waals surface area (Å²) in [5.74, 6) is 0.767. The van der Waals surface area contributed by atoms with Crippen LogP contribution in [0.3, 0.4) is 0 Å². The van der Waals surface area contributed by atoms with Gasteiger partial charge >= 0.3 is 5.97 Å². The summed E-state index contributed by atoms with van der Waals surface area (Å²) >= 11 is 0. The minimum absolute atomic E-state index is 0.117. The lowest BCUT2D eigenvalue weighted by Crippen LogP contribution is -2.37. The number of esters is 1. The van der Waals surface area contributed by atoms with E-state index >= 15 is 0 Å². The molecule has 0 radical (unpaired) electrons. The lowest BCUT2D eigenvalue weighted by atomic mass is 9.88. The highest BCUT2D eigenvalue weighted by atomic mass is 16.6. The molecule has 2 rings (SSSR count). The van der Waals surface area contributed by atoms with Crippen LogP contribution in [0, 0.1) is 11.8 Å². The molecule has 0 aromatic rings. The van der Waals surface area contributed by atoms with Gasteiger partial charge in [-0.1, -0.05) is 57.6 Å². The summed E-state index contributed by atoms with van der Waals surface area (Å²) < 4.78 is 16.7. The highest BCUT2D eigenvalue weighted by Crippen LogP contribution is 2.41. The van der Waals surface area contributed by atoms with Crippen molar-refractivity contribution in [3.8, 4) is 0 Å². The molecule has 1 N–H and O–H groups in total. The first-order valence-electron chi connectivity index (χ1n) is 11.3. The van der Waals surface area contributed by atoms with Crippen LogP contribution in [0.5, 0.6) is 0 Å². The number of ether oxygens (including phenoxy) is 3. The first kappa shape index (κ1) is 23.4. The Bertz CT molecular complexity index is 464. The predicted octanol–water partition coefficient (Wildman–Crippen LogP) is 4.42. The molecule has 1 saturated carbocycles. The molecule has 5 atom stereocenters. The highest BCUT2D eigenvalue weighted by molar-refractivity contribution is 5.68. The van der Waals surface area contributed by atoms with Gasteiger partial charge in [-0.25, -0.2) is 0 Å². The number of carbonyl (C=O) groups is 1. The van der Waals surface area contributed by atoms with E-state index in [1.54, 1.807) is 0 Å². The predicted molar refractivity (Wildman–Crippen MR) is 110 cm³/mol. The molecule has 0 amide bonds. The van der Waals surface area contributed by atoms with Gasteiger partial charge in [-0.05, 0) is 37.5 Å². The van der Waals surface area contributed by atoms with Crippen molar-refractivity contribution in [2.24, 2.45) is 11.8 Å². The van der Waals surface area contributed by atoms with E-state index < -0.39 is 0 Å². The molecule has 2 aliphatic rings. The van der Waals surface area contributed by atoms with Crippen molar-refractivity contribution < 1.29 is 24.1 Å². The van der Waals surface area contributed by atoms with Crippen LogP contribution in [0.2, 0.25) is 0 Å². The Morgan fingerprint density at radius 2 is 1.93 bits per heavy atom. The number of allylic oxidation sites excluding steroid dienone is 1. The topological polar surface area (TPSA) is 65.0 Å². The smallest absolute Gasteiger partial charge is 0.305 e. The SMILES string of the molecule is CCCCCC(O)C=C[C@H]1CC2OCCOC2[C@@H]1CCCCCCC(=O)OC. The van der Waals surface area contributed by atoms with E-state index in [0.717, 1.165) is 51.4 Å². The molecule has 0 spiro atoms.